The standard InChI is InChI=1S/C25H23N/c1-17(2)22-16-23-20-13-8-9-15-24(20)26(18-10-4-3-5-11-18)25(23)21-14-7-6-12-19(21)22/h3-4,6-10,12-17H,5,11H2,1-2H3. The Balaban J connectivity index is 2.04. The smallest absolute Gasteiger partial charge is 0.0616 e. The number of fused-ring (bicyclic) bond motifs is 5. The van der Waals surface area contributed by atoms with Gasteiger partial charge in [-0.05, 0) is 47.9 Å². The molecule has 1 heterocycles. The second kappa shape index (κ2) is 5.88. The molecule has 0 saturated heterocycles. The van der Waals surface area contributed by atoms with Crippen molar-refractivity contribution in [2.24, 2.45) is 0 Å². The predicted molar refractivity (Wildman–Crippen MR) is 114 cm³/mol. The molecule has 0 radical (unpaired) electrons. The van der Waals surface area contributed by atoms with Crippen molar-refractivity contribution in [3.63, 3.8) is 0 Å². The third kappa shape index (κ3) is 2.17. The van der Waals surface area contributed by atoms with E-state index in [1.165, 1.54) is 43.8 Å². The van der Waals surface area contributed by atoms with Crippen molar-refractivity contribution in [3.8, 4) is 0 Å². The highest BCUT2D eigenvalue weighted by atomic mass is 15.0. The summed E-state index contributed by atoms with van der Waals surface area (Å²) in [5.74, 6) is 0.503. The highest BCUT2D eigenvalue weighted by molar-refractivity contribution is 6.20. The minimum atomic E-state index is 0.503. The summed E-state index contributed by atoms with van der Waals surface area (Å²) in [6.45, 7) is 4.59. The maximum absolute atomic E-state index is 2.50. The van der Waals surface area contributed by atoms with E-state index in [9.17, 15) is 0 Å². The van der Waals surface area contributed by atoms with E-state index in [0.717, 1.165) is 12.8 Å². The monoisotopic (exact) mass is 337 g/mol. The van der Waals surface area contributed by atoms with Crippen LogP contribution >= 0.6 is 0 Å². The van der Waals surface area contributed by atoms with E-state index in [1.54, 1.807) is 0 Å². The third-order valence-electron chi connectivity index (χ3n) is 5.61. The molecule has 0 fully saturated rings. The van der Waals surface area contributed by atoms with Gasteiger partial charge in [0.25, 0.3) is 0 Å². The first-order valence-corrected chi connectivity index (χ1v) is 9.56. The molecule has 1 aliphatic rings. The molecule has 0 unspecified atom stereocenters. The van der Waals surface area contributed by atoms with E-state index >= 15 is 0 Å². The fourth-order valence-electron chi connectivity index (χ4n) is 4.40. The van der Waals surface area contributed by atoms with Gasteiger partial charge in [-0.2, -0.15) is 0 Å². The Morgan fingerprint density at radius 1 is 0.846 bits per heavy atom. The third-order valence-corrected chi connectivity index (χ3v) is 5.61. The Morgan fingerprint density at radius 3 is 2.31 bits per heavy atom. The first-order chi connectivity index (χ1) is 12.8. The number of nitrogens with zero attached hydrogens (tertiary/aromatic N) is 1. The quantitative estimate of drug-likeness (QED) is 0.363. The zero-order chi connectivity index (χ0) is 17.7. The van der Waals surface area contributed by atoms with Gasteiger partial charge in [0.2, 0.25) is 0 Å². The molecule has 4 aromatic rings. The average Bonchev–Trinajstić information content (AvgIpc) is 3.02. The molecule has 1 aliphatic carbocycles. The van der Waals surface area contributed by atoms with E-state index in [0.29, 0.717) is 5.92 Å². The van der Waals surface area contributed by atoms with Crippen LogP contribution in [-0.2, 0) is 0 Å². The van der Waals surface area contributed by atoms with E-state index < -0.39 is 0 Å². The SMILES string of the molecule is CC(C)c1cc2c3ccccc3n(C3=CC=CCC3)c2c2ccccc12. The van der Waals surface area contributed by atoms with Gasteiger partial charge in [-0.1, -0.05) is 68.5 Å². The van der Waals surface area contributed by atoms with Crippen molar-refractivity contribution in [1.29, 1.82) is 0 Å². The Bertz CT molecular complexity index is 1200. The molecule has 26 heavy (non-hydrogen) atoms. The van der Waals surface area contributed by atoms with Crippen LogP contribution in [0.4, 0.5) is 0 Å². The summed E-state index contributed by atoms with van der Waals surface area (Å²) in [6.07, 6.45) is 8.93. The Labute approximate surface area is 154 Å². The van der Waals surface area contributed by atoms with E-state index in [2.05, 4.69) is 91.2 Å². The van der Waals surface area contributed by atoms with Crippen molar-refractivity contribution >= 4 is 38.3 Å². The molecule has 0 saturated carbocycles. The minimum Gasteiger partial charge on any atom is -0.312 e. The lowest BCUT2D eigenvalue weighted by atomic mass is 9.93. The van der Waals surface area contributed by atoms with E-state index in [4.69, 9.17) is 0 Å². The van der Waals surface area contributed by atoms with Crippen LogP contribution in [0.2, 0.25) is 0 Å². The van der Waals surface area contributed by atoms with Crippen LogP contribution in [-0.4, -0.2) is 4.57 Å². The lowest BCUT2D eigenvalue weighted by Crippen LogP contribution is -2.00. The second-order valence-corrected chi connectivity index (χ2v) is 7.54. The molecule has 128 valence electrons. The van der Waals surface area contributed by atoms with Crippen molar-refractivity contribution in [1.82, 2.24) is 4.57 Å². The largest absolute Gasteiger partial charge is 0.312 e. The van der Waals surface area contributed by atoms with E-state index in [-0.39, 0.29) is 0 Å². The number of hydrogen-bond donors (Lipinski definition) is 0. The number of hydrogen-bond acceptors (Lipinski definition) is 0. The molecule has 5 rings (SSSR count). The lowest BCUT2D eigenvalue weighted by Gasteiger charge is -2.17. The number of para-hydroxylation sites is 1. The molecule has 0 bridgehead atoms. The topological polar surface area (TPSA) is 4.93 Å². The summed E-state index contributed by atoms with van der Waals surface area (Å²) in [5.41, 5.74) is 5.50. The molecular weight excluding hydrogens is 314 g/mol. The molecule has 0 amide bonds. The van der Waals surface area contributed by atoms with Crippen molar-refractivity contribution in [3.05, 3.63) is 78.4 Å². The zero-order valence-electron chi connectivity index (χ0n) is 15.4. The Hall–Kier alpha value is -2.80. The van der Waals surface area contributed by atoms with Gasteiger partial charge in [0.1, 0.15) is 0 Å². The summed E-state index contributed by atoms with van der Waals surface area (Å²) in [6, 6.07) is 20.2. The summed E-state index contributed by atoms with van der Waals surface area (Å²) in [4.78, 5) is 0. The summed E-state index contributed by atoms with van der Waals surface area (Å²) in [5, 5.41) is 5.47. The highest BCUT2D eigenvalue weighted by Crippen LogP contribution is 2.40. The number of aromatic nitrogens is 1. The molecule has 3 aromatic carbocycles. The normalized spacial score (nSPS) is 14.7. The van der Waals surface area contributed by atoms with Gasteiger partial charge < -0.3 is 4.57 Å². The second-order valence-electron chi connectivity index (χ2n) is 7.54. The molecule has 1 heteroatoms. The van der Waals surface area contributed by atoms with Crippen LogP contribution in [0.1, 0.15) is 38.2 Å². The van der Waals surface area contributed by atoms with Crippen LogP contribution < -0.4 is 0 Å². The number of benzene rings is 3. The molecule has 0 N–H and O–H groups in total. The number of rotatable bonds is 2. The molecule has 1 aromatic heterocycles. The Kier molecular flexibility index (Phi) is 3.49. The minimum absolute atomic E-state index is 0.503. The number of allylic oxidation sites excluding steroid dienone is 4. The van der Waals surface area contributed by atoms with Crippen LogP contribution in [0.5, 0.6) is 0 Å². The maximum Gasteiger partial charge on any atom is 0.0616 e. The van der Waals surface area contributed by atoms with Gasteiger partial charge in [0, 0.05) is 21.9 Å². The average molecular weight is 337 g/mol. The predicted octanol–water partition coefficient (Wildman–Crippen LogP) is 7.26. The van der Waals surface area contributed by atoms with Crippen molar-refractivity contribution in [2.75, 3.05) is 0 Å². The van der Waals surface area contributed by atoms with Crippen molar-refractivity contribution in [2.45, 2.75) is 32.6 Å². The van der Waals surface area contributed by atoms with Crippen LogP contribution in [0.15, 0.2) is 72.8 Å². The summed E-state index contributed by atoms with van der Waals surface area (Å²) >= 11 is 0. The fraction of sp³-hybridized carbons (Fsp3) is 0.200. The van der Waals surface area contributed by atoms with Gasteiger partial charge in [0.05, 0.1) is 11.0 Å². The van der Waals surface area contributed by atoms with Crippen LogP contribution in [0, 0.1) is 0 Å². The van der Waals surface area contributed by atoms with E-state index in [1.807, 2.05) is 0 Å². The fourth-order valence-corrected chi connectivity index (χ4v) is 4.40. The highest BCUT2D eigenvalue weighted by Gasteiger charge is 2.18. The molecule has 1 nitrogen and oxygen atoms in total. The van der Waals surface area contributed by atoms with Gasteiger partial charge in [-0.15, -0.1) is 0 Å². The van der Waals surface area contributed by atoms with Crippen molar-refractivity contribution < 1.29 is 0 Å². The first kappa shape index (κ1) is 15.5. The van der Waals surface area contributed by atoms with Crippen LogP contribution in [0.3, 0.4) is 0 Å². The molecule has 0 aliphatic heterocycles. The maximum atomic E-state index is 2.50. The van der Waals surface area contributed by atoms with Gasteiger partial charge in [-0.25, -0.2) is 0 Å². The van der Waals surface area contributed by atoms with Gasteiger partial charge >= 0.3 is 0 Å². The zero-order valence-corrected chi connectivity index (χ0v) is 15.4. The van der Waals surface area contributed by atoms with Gasteiger partial charge in [0.15, 0.2) is 0 Å². The summed E-state index contributed by atoms with van der Waals surface area (Å²) in [7, 11) is 0. The first-order valence-electron chi connectivity index (χ1n) is 9.56. The van der Waals surface area contributed by atoms with Gasteiger partial charge in [-0.3, -0.25) is 0 Å². The Morgan fingerprint density at radius 2 is 1.58 bits per heavy atom. The molecule has 0 atom stereocenters. The van der Waals surface area contributed by atoms with Crippen LogP contribution in [0.25, 0.3) is 38.3 Å². The lowest BCUT2D eigenvalue weighted by molar-refractivity contribution is 0.878. The summed E-state index contributed by atoms with van der Waals surface area (Å²) < 4.78 is 2.50. The molecular formula is C25H23N. The molecule has 0 spiro atoms.